The van der Waals surface area contributed by atoms with Crippen LogP contribution in [-0.2, 0) is 0 Å². The molecule has 1 aromatic carbocycles. The molecule has 0 saturated carbocycles. The van der Waals surface area contributed by atoms with Crippen molar-refractivity contribution in [1.29, 1.82) is 0 Å². The predicted molar refractivity (Wildman–Crippen MR) is 76.7 cm³/mol. The lowest BCUT2D eigenvalue weighted by molar-refractivity contribution is 0.410. The Morgan fingerprint density at radius 3 is 2.58 bits per heavy atom. The molecule has 0 aliphatic heterocycles. The van der Waals surface area contributed by atoms with Crippen molar-refractivity contribution in [3.63, 3.8) is 0 Å². The summed E-state index contributed by atoms with van der Waals surface area (Å²) in [6, 6.07) is 2.07. The highest BCUT2D eigenvalue weighted by atomic mass is 16.5. The van der Waals surface area contributed by atoms with Crippen LogP contribution in [0.15, 0.2) is 18.5 Å². The van der Waals surface area contributed by atoms with Gasteiger partial charge >= 0.3 is 0 Å². The summed E-state index contributed by atoms with van der Waals surface area (Å²) in [5, 5.41) is 0. The molecule has 1 heterocycles. The van der Waals surface area contributed by atoms with Gasteiger partial charge in [-0.3, -0.25) is 0 Å². The SMILES string of the molecule is COc1cc(C)c(C(CN)c2ncc[nH]2)c(C)c1C. The van der Waals surface area contributed by atoms with Gasteiger partial charge in [-0.1, -0.05) is 0 Å². The normalized spacial score (nSPS) is 12.5. The number of aryl methyl sites for hydroxylation is 1. The minimum absolute atomic E-state index is 0.0969. The number of nitrogens with zero attached hydrogens (tertiary/aromatic N) is 1. The summed E-state index contributed by atoms with van der Waals surface area (Å²) in [7, 11) is 1.70. The van der Waals surface area contributed by atoms with Crippen LogP contribution in [0, 0.1) is 20.8 Å². The van der Waals surface area contributed by atoms with Gasteiger partial charge in [-0.2, -0.15) is 0 Å². The second-order valence-electron chi connectivity index (χ2n) is 4.82. The van der Waals surface area contributed by atoms with E-state index in [1.807, 2.05) is 6.20 Å². The summed E-state index contributed by atoms with van der Waals surface area (Å²) in [5.74, 6) is 1.94. The minimum Gasteiger partial charge on any atom is -0.496 e. The van der Waals surface area contributed by atoms with Gasteiger partial charge in [-0.05, 0) is 49.1 Å². The van der Waals surface area contributed by atoms with Gasteiger partial charge in [0.25, 0.3) is 0 Å². The Morgan fingerprint density at radius 2 is 2.05 bits per heavy atom. The summed E-state index contributed by atoms with van der Waals surface area (Å²) >= 11 is 0. The Kier molecular flexibility index (Phi) is 3.90. The number of aromatic amines is 1. The molecule has 102 valence electrons. The van der Waals surface area contributed by atoms with E-state index < -0.39 is 0 Å². The van der Waals surface area contributed by atoms with Crippen LogP contribution in [0.4, 0.5) is 0 Å². The van der Waals surface area contributed by atoms with Crippen molar-refractivity contribution in [3.05, 3.63) is 46.5 Å². The number of rotatable bonds is 4. The van der Waals surface area contributed by atoms with E-state index >= 15 is 0 Å². The predicted octanol–water partition coefficient (Wildman–Crippen LogP) is 2.43. The van der Waals surface area contributed by atoms with Crippen molar-refractivity contribution in [2.75, 3.05) is 13.7 Å². The zero-order valence-electron chi connectivity index (χ0n) is 11.9. The van der Waals surface area contributed by atoms with Crippen LogP contribution in [-0.4, -0.2) is 23.6 Å². The van der Waals surface area contributed by atoms with E-state index in [1.54, 1.807) is 13.3 Å². The van der Waals surface area contributed by atoms with Gasteiger partial charge in [0.15, 0.2) is 0 Å². The molecule has 0 aliphatic rings. The number of aromatic nitrogens is 2. The largest absolute Gasteiger partial charge is 0.496 e. The molecule has 1 unspecified atom stereocenters. The van der Waals surface area contributed by atoms with Gasteiger partial charge in [0, 0.05) is 18.9 Å². The molecular weight excluding hydrogens is 238 g/mol. The van der Waals surface area contributed by atoms with Crippen LogP contribution < -0.4 is 10.5 Å². The molecular formula is C15H21N3O. The lowest BCUT2D eigenvalue weighted by Crippen LogP contribution is -2.18. The highest BCUT2D eigenvalue weighted by Crippen LogP contribution is 2.33. The molecule has 0 radical (unpaired) electrons. The standard InChI is InChI=1S/C15H21N3O/c1-9-7-13(19-4)10(2)11(3)14(9)12(8-16)15-17-5-6-18-15/h5-7,12H,8,16H2,1-4H3,(H,17,18). The molecule has 1 aromatic heterocycles. The monoisotopic (exact) mass is 259 g/mol. The zero-order chi connectivity index (χ0) is 14.0. The first-order valence-electron chi connectivity index (χ1n) is 6.44. The van der Waals surface area contributed by atoms with E-state index in [-0.39, 0.29) is 5.92 Å². The second-order valence-corrected chi connectivity index (χ2v) is 4.82. The molecule has 0 bridgehead atoms. The first-order chi connectivity index (χ1) is 9.10. The number of nitrogens with two attached hydrogens (primary N) is 1. The summed E-state index contributed by atoms with van der Waals surface area (Å²) in [5.41, 5.74) is 10.8. The quantitative estimate of drug-likeness (QED) is 0.886. The lowest BCUT2D eigenvalue weighted by atomic mass is 9.87. The fraction of sp³-hybridized carbons (Fsp3) is 0.400. The van der Waals surface area contributed by atoms with E-state index in [9.17, 15) is 0 Å². The first-order valence-corrected chi connectivity index (χ1v) is 6.44. The highest BCUT2D eigenvalue weighted by molar-refractivity contribution is 5.51. The van der Waals surface area contributed by atoms with Crippen molar-refractivity contribution in [1.82, 2.24) is 9.97 Å². The van der Waals surface area contributed by atoms with E-state index in [2.05, 4.69) is 36.8 Å². The molecule has 2 rings (SSSR count). The summed E-state index contributed by atoms with van der Waals surface area (Å²) < 4.78 is 5.41. The average molecular weight is 259 g/mol. The number of hydrogen-bond donors (Lipinski definition) is 2. The number of methoxy groups -OCH3 is 1. The molecule has 0 amide bonds. The third-order valence-electron chi connectivity index (χ3n) is 3.76. The fourth-order valence-corrected chi connectivity index (χ4v) is 2.65. The van der Waals surface area contributed by atoms with Crippen molar-refractivity contribution in [2.24, 2.45) is 5.73 Å². The number of ether oxygens (including phenoxy) is 1. The Balaban J connectivity index is 2.58. The Hall–Kier alpha value is -1.81. The Morgan fingerprint density at radius 1 is 1.32 bits per heavy atom. The Bertz CT molecular complexity index is 561. The first kappa shape index (κ1) is 13.6. The van der Waals surface area contributed by atoms with Crippen LogP contribution in [0.1, 0.15) is 34.0 Å². The maximum absolute atomic E-state index is 5.96. The van der Waals surface area contributed by atoms with E-state index in [0.29, 0.717) is 6.54 Å². The third kappa shape index (κ3) is 2.36. The molecule has 4 heteroatoms. The van der Waals surface area contributed by atoms with Crippen LogP contribution in [0.2, 0.25) is 0 Å². The summed E-state index contributed by atoms with van der Waals surface area (Å²) in [6.45, 7) is 6.81. The lowest BCUT2D eigenvalue weighted by Gasteiger charge is -2.21. The molecule has 0 spiro atoms. The van der Waals surface area contributed by atoms with E-state index in [1.165, 1.54) is 16.7 Å². The van der Waals surface area contributed by atoms with Gasteiger partial charge in [-0.15, -0.1) is 0 Å². The molecule has 2 aromatic rings. The number of nitrogens with one attached hydrogen (secondary N) is 1. The van der Waals surface area contributed by atoms with Crippen LogP contribution in [0.3, 0.4) is 0 Å². The number of hydrogen-bond acceptors (Lipinski definition) is 3. The maximum atomic E-state index is 5.96. The van der Waals surface area contributed by atoms with Crippen LogP contribution in [0.25, 0.3) is 0 Å². The topological polar surface area (TPSA) is 63.9 Å². The van der Waals surface area contributed by atoms with Gasteiger partial charge < -0.3 is 15.5 Å². The zero-order valence-corrected chi connectivity index (χ0v) is 11.9. The molecule has 0 aliphatic carbocycles. The molecule has 0 fully saturated rings. The van der Waals surface area contributed by atoms with E-state index in [4.69, 9.17) is 10.5 Å². The van der Waals surface area contributed by atoms with Crippen molar-refractivity contribution < 1.29 is 4.74 Å². The Labute approximate surface area is 114 Å². The van der Waals surface area contributed by atoms with Gasteiger partial charge in [0.2, 0.25) is 0 Å². The van der Waals surface area contributed by atoms with E-state index in [0.717, 1.165) is 17.1 Å². The molecule has 3 N–H and O–H groups in total. The molecule has 0 saturated heterocycles. The van der Waals surface area contributed by atoms with Crippen LogP contribution >= 0.6 is 0 Å². The van der Waals surface area contributed by atoms with Gasteiger partial charge in [-0.25, -0.2) is 4.98 Å². The van der Waals surface area contributed by atoms with Crippen molar-refractivity contribution in [3.8, 4) is 5.75 Å². The molecule has 4 nitrogen and oxygen atoms in total. The number of H-pyrrole nitrogens is 1. The number of benzene rings is 1. The smallest absolute Gasteiger partial charge is 0.122 e. The summed E-state index contributed by atoms with van der Waals surface area (Å²) in [4.78, 5) is 7.52. The third-order valence-corrected chi connectivity index (χ3v) is 3.76. The average Bonchev–Trinajstić information content (AvgIpc) is 2.92. The molecule has 1 atom stereocenters. The number of imidazole rings is 1. The molecule has 19 heavy (non-hydrogen) atoms. The van der Waals surface area contributed by atoms with Crippen LogP contribution in [0.5, 0.6) is 5.75 Å². The minimum atomic E-state index is 0.0969. The van der Waals surface area contributed by atoms with Gasteiger partial charge in [0.1, 0.15) is 11.6 Å². The van der Waals surface area contributed by atoms with Crippen molar-refractivity contribution >= 4 is 0 Å². The van der Waals surface area contributed by atoms with Crippen molar-refractivity contribution in [2.45, 2.75) is 26.7 Å². The highest BCUT2D eigenvalue weighted by Gasteiger charge is 2.21. The van der Waals surface area contributed by atoms with Gasteiger partial charge in [0.05, 0.1) is 13.0 Å². The summed E-state index contributed by atoms with van der Waals surface area (Å²) in [6.07, 6.45) is 3.60. The second kappa shape index (κ2) is 5.45. The fourth-order valence-electron chi connectivity index (χ4n) is 2.65. The maximum Gasteiger partial charge on any atom is 0.122 e.